The largest absolute Gasteiger partial charge is 0.356 e. The summed E-state index contributed by atoms with van der Waals surface area (Å²) in [5, 5.41) is 5.04. The summed E-state index contributed by atoms with van der Waals surface area (Å²) in [7, 11) is 0. The standard InChI is InChI=1S/C19H12BrFN2O2/c20-17-11-23(19(24)15-7-6-13(21)8-16(15)17)10-14-9-18(25-22-14)12-4-2-1-3-5-12/h1-9,11H,10H2. The minimum atomic E-state index is -0.380. The molecule has 2 heterocycles. The van der Waals surface area contributed by atoms with Crippen LogP contribution in [-0.4, -0.2) is 9.72 Å². The van der Waals surface area contributed by atoms with E-state index in [1.165, 1.54) is 22.8 Å². The van der Waals surface area contributed by atoms with E-state index in [0.717, 1.165) is 5.56 Å². The number of pyridine rings is 1. The van der Waals surface area contributed by atoms with Crippen LogP contribution in [0.2, 0.25) is 0 Å². The van der Waals surface area contributed by atoms with Crippen molar-refractivity contribution in [1.82, 2.24) is 9.72 Å². The summed E-state index contributed by atoms with van der Waals surface area (Å²) in [5.74, 6) is 0.264. The number of rotatable bonds is 3. The molecule has 0 spiro atoms. The Hall–Kier alpha value is -2.73. The van der Waals surface area contributed by atoms with Crippen LogP contribution < -0.4 is 5.56 Å². The molecule has 0 atom stereocenters. The molecule has 0 aliphatic rings. The topological polar surface area (TPSA) is 48.0 Å². The highest BCUT2D eigenvalue weighted by atomic mass is 79.9. The van der Waals surface area contributed by atoms with Gasteiger partial charge in [0.15, 0.2) is 5.76 Å². The van der Waals surface area contributed by atoms with Crippen molar-refractivity contribution in [3.05, 3.63) is 87.1 Å². The Balaban J connectivity index is 1.72. The van der Waals surface area contributed by atoms with E-state index in [2.05, 4.69) is 21.1 Å². The second kappa shape index (κ2) is 6.29. The average Bonchev–Trinajstić information content (AvgIpc) is 3.09. The molecule has 0 unspecified atom stereocenters. The summed E-state index contributed by atoms with van der Waals surface area (Å²) >= 11 is 3.40. The van der Waals surface area contributed by atoms with Crippen LogP contribution in [0.25, 0.3) is 22.1 Å². The first-order valence-corrected chi connectivity index (χ1v) is 8.40. The van der Waals surface area contributed by atoms with Crippen LogP contribution in [0.4, 0.5) is 4.39 Å². The van der Waals surface area contributed by atoms with Crippen molar-refractivity contribution < 1.29 is 8.91 Å². The molecule has 6 heteroatoms. The van der Waals surface area contributed by atoms with E-state index in [4.69, 9.17) is 4.52 Å². The molecular formula is C19H12BrFN2O2. The van der Waals surface area contributed by atoms with Crippen LogP contribution >= 0.6 is 15.9 Å². The lowest BCUT2D eigenvalue weighted by atomic mass is 10.1. The molecule has 2 aromatic carbocycles. The zero-order chi connectivity index (χ0) is 17.4. The van der Waals surface area contributed by atoms with Gasteiger partial charge in [-0.3, -0.25) is 4.79 Å². The molecule has 0 fully saturated rings. The minimum absolute atomic E-state index is 0.206. The normalized spacial score (nSPS) is 11.1. The maximum atomic E-state index is 13.4. The van der Waals surface area contributed by atoms with Crippen LogP contribution in [0, 0.1) is 5.82 Å². The molecule has 0 amide bonds. The molecule has 0 radical (unpaired) electrons. The predicted molar refractivity (Wildman–Crippen MR) is 96.9 cm³/mol. The first-order chi connectivity index (χ1) is 12.1. The van der Waals surface area contributed by atoms with Crippen molar-refractivity contribution in [1.29, 1.82) is 0 Å². The molecule has 0 aliphatic carbocycles. The van der Waals surface area contributed by atoms with Gasteiger partial charge in [-0.1, -0.05) is 35.5 Å². The molecule has 0 N–H and O–H groups in total. The van der Waals surface area contributed by atoms with Crippen molar-refractivity contribution in [2.45, 2.75) is 6.54 Å². The third-order valence-corrected chi connectivity index (χ3v) is 4.58. The summed E-state index contributed by atoms with van der Waals surface area (Å²) in [6.07, 6.45) is 1.64. The van der Waals surface area contributed by atoms with Gasteiger partial charge in [-0.25, -0.2) is 4.39 Å². The Morgan fingerprint density at radius 2 is 1.88 bits per heavy atom. The second-order valence-corrected chi connectivity index (χ2v) is 6.50. The summed E-state index contributed by atoms with van der Waals surface area (Å²) in [6, 6.07) is 15.5. The average molecular weight is 399 g/mol. The molecule has 4 rings (SSSR count). The fourth-order valence-electron chi connectivity index (χ4n) is 2.74. The zero-order valence-corrected chi connectivity index (χ0v) is 14.5. The van der Waals surface area contributed by atoms with Gasteiger partial charge in [0.25, 0.3) is 5.56 Å². The van der Waals surface area contributed by atoms with E-state index in [9.17, 15) is 9.18 Å². The summed E-state index contributed by atoms with van der Waals surface area (Å²) in [4.78, 5) is 12.6. The lowest BCUT2D eigenvalue weighted by molar-refractivity contribution is 0.421. The van der Waals surface area contributed by atoms with Crippen LogP contribution in [0.3, 0.4) is 0 Å². The highest BCUT2D eigenvalue weighted by molar-refractivity contribution is 9.10. The highest BCUT2D eigenvalue weighted by Gasteiger charge is 2.11. The van der Waals surface area contributed by atoms with Crippen molar-refractivity contribution in [3.8, 4) is 11.3 Å². The van der Waals surface area contributed by atoms with Crippen molar-refractivity contribution in [3.63, 3.8) is 0 Å². The Morgan fingerprint density at radius 1 is 1.08 bits per heavy atom. The number of hydrogen-bond acceptors (Lipinski definition) is 3. The molecule has 124 valence electrons. The van der Waals surface area contributed by atoms with Crippen molar-refractivity contribution >= 4 is 26.7 Å². The second-order valence-electron chi connectivity index (χ2n) is 5.65. The van der Waals surface area contributed by atoms with E-state index in [1.807, 2.05) is 36.4 Å². The maximum Gasteiger partial charge on any atom is 0.258 e. The van der Waals surface area contributed by atoms with Crippen LogP contribution in [-0.2, 0) is 6.54 Å². The molecule has 25 heavy (non-hydrogen) atoms. The number of benzene rings is 2. The molecule has 0 saturated carbocycles. The van der Waals surface area contributed by atoms with Gasteiger partial charge >= 0.3 is 0 Å². The number of nitrogens with zero attached hydrogens (tertiary/aromatic N) is 2. The third-order valence-electron chi connectivity index (χ3n) is 3.95. The molecule has 0 bridgehead atoms. The van der Waals surface area contributed by atoms with Gasteiger partial charge < -0.3 is 9.09 Å². The van der Waals surface area contributed by atoms with Gasteiger partial charge in [-0.2, -0.15) is 0 Å². The first-order valence-electron chi connectivity index (χ1n) is 7.61. The van der Waals surface area contributed by atoms with Crippen LogP contribution in [0.1, 0.15) is 5.69 Å². The molecule has 0 aliphatic heterocycles. The molecular weight excluding hydrogens is 387 g/mol. The molecule has 4 nitrogen and oxygen atoms in total. The third kappa shape index (κ3) is 3.00. The number of aromatic nitrogens is 2. The quantitative estimate of drug-likeness (QED) is 0.506. The number of halogens is 2. The summed E-state index contributed by atoms with van der Waals surface area (Å²) in [5.41, 5.74) is 1.35. The van der Waals surface area contributed by atoms with Gasteiger partial charge in [0.1, 0.15) is 11.5 Å². The maximum absolute atomic E-state index is 13.4. The van der Waals surface area contributed by atoms with Gasteiger partial charge in [0.05, 0.1) is 6.54 Å². The molecule has 0 saturated heterocycles. The van der Waals surface area contributed by atoms with Crippen LogP contribution in [0.15, 0.2) is 74.6 Å². The lowest BCUT2D eigenvalue weighted by Crippen LogP contribution is -2.20. The van der Waals surface area contributed by atoms with Crippen molar-refractivity contribution in [2.24, 2.45) is 0 Å². The number of fused-ring (bicyclic) bond motifs is 1. The number of hydrogen-bond donors (Lipinski definition) is 0. The Labute approximate surface area is 150 Å². The van der Waals surface area contributed by atoms with Gasteiger partial charge in [0.2, 0.25) is 0 Å². The minimum Gasteiger partial charge on any atom is -0.356 e. The zero-order valence-electron chi connectivity index (χ0n) is 12.9. The summed E-state index contributed by atoms with van der Waals surface area (Å²) in [6.45, 7) is 0.265. The first kappa shape index (κ1) is 15.8. The van der Waals surface area contributed by atoms with Crippen molar-refractivity contribution in [2.75, 3.05) is 0 Å². The smallest absolute Gasteiger partial charge is 0.258 e. The lowest BCUT2D eigenvalue weighted by Gasteiger charge is -2.07. The van der Waals surface area contributed by atoms with Gasteiger partial charge in [-0.15, -0.1) is 0 Å². The summed E-state index contributed by atoms with van der Waals surface area (Å²) < 4.78 is 20.9. The fraction of sp³-hybridized carbons (Fsp3) is 0.0526. The van der Waals surface area contributed by atoms with Crippen LogP contribution in [0.5, 0.6) is 0 Å². The SMILES string of the molecule is O=c1c2ccc(F)cc2c(Br)cn1Cc1cc(-c2ccccc2)on1. The Morgan fingerprint density at radius 3 is 2.68 bits per heavy atom. The van der Waals surface area contributed by atoms with E-state index in [1.54, 1.807) is 6.20 Å². The molecule has 4 aromatic rings. The van der Waals surface area contributed by atoms with Gasteiger partial charge in [0, 0.05) is 33.1 Å². The van der Waals surface area contributed by atoms with Gasteiger partial charge in [-0.05, 0) is 34.1 Å². The molecule has 2 aromatic heterocycles. The van der Waals surface area contributed by atoms with E-state index in [-0.39, 0.29) is 17.9 Å². The van der Waals surface area contributed by atoms with E-state index < -0.39 is 0 Å². The Bertz CT molecular complexity index is 1120. The Kier molecular flexibility index (Phi) is 3.97. The van der Waals surface area contributed by atoms with E-state index >= 15 is 0 Å². The fourth-order valence-corrected chi connectivity index (χ4v) is 3.31. The van der Waals surface area contributed by atoms with E-state index in [0.29, 0.717) is 26.7 Å². The highest BCUT2D eigenvalue weighted by Crippen LogP contribution is 2.23. The predicted octanol–water partition coefficient (Wildman–Crippen LogP) is 4.61. The monoisotopic (exact) mass is 398 g/mol.